The second-order valence-corrected chi connectivity index (χ2v) is 9.42. The molecule has 2 fully saturated rings. The van der Waals surface area contributed by atoms with Crippen molar-refractivity contribution in [1.29, 1.82) is 0 Å². The maximum Gasteiger partial charge on any atom is 0.208 e. The summed E-state index contributed by atoms with van der Waals surface area (Å²) in [6.45, 7) is 15.6. The van der Waals surface area contributed by atoms with Crippen LogP contribution in [0.4, 0.5) is 0 Å². The average molecular weight is 536 g/mol. The van der Waals surface area contributed by atoms with Crippen LogP contribution in [0.2, 0.25) is 0 Å². The Morgan fingerprint density at radius 3 is 2.62 bits per heavy atom. The number of thioether (sulfide) groups is 1. The third kappa shape index (κ3) is 7.31. The molecular weight excluding hydrogens is 497 g/mol. The van der Waals surface area contributed by atoms with Crippen molar-refractivity contribution < 1.29 is 4.42 Å². The Labute approximate surface area is 197 Å². The van der Waals surface area contributed by atoms with Crippen LogP contribution in [0, 0.1) is 19.8 Å². The van der Waals surface area contributed by atoms with Crippen molar-refractivity contribution in [3.63, 3.8) is 0 Å². The molecule has 0 spiro atoms. The second-order valence-electron chi connectivity index (χ2n) is 8.01. The predicted molar refractivity (Wildman–Crippen MR) is 133 cm³/mol. The van der Waals surface area contributed by atoms with Crippen molar-refractivity contribution in [2.75, 3.05) is 45.0 Å². The highest BCUT2D eigenvalue weighted by molar-refractivity contribution is 14.0. The van der Waals surface area contributed by atoms with Gasteiger partial charge in [0.1, 0.15) is 5.76 Å². The molecule has 0 bridgehead atoms. The van der Waals surface area contributed by atoms with Gasteiger partial charge in [-0.25, -0.2) is 4.98 Å². The Balaban J connectivity index is 0.00000300. The van der Waals surface area contributed by atoms with E-state index in [2.05, 4.69) is 45.7 Å². The second kappa shape index (κ2) is 12.4. The molecule has 1 unspecified atom stereocenters. The molecule has 8 heteroatoms. The molecule has 1 atom stereocenters. The summed E-state index contributed by atoms with van der Waals surface area (Å²) in [7, 11) is 0. The number of aliphatic imine (C=N–C) groups is 1. The van der Waals surface area contributed by atoms with E-state index >= 15 is 0 Å². The van der Waals surface area contributed by atoms with Gasteiger partial charge < -0.3 is 14.6 Å². The van der Waals surface area contributed by atoms with Crippen LogP contribution in [0.1, 0.15) is 50.5 Å². The van der Waals surface area contributed by atoms with E-state index in [-0.39, 0.29) is 24.0 Å². The summed E-state index contributed by atoms with van der Waals surface area (Å²) in [5.41, 5.74) is 1.01. The van der Waals surface area contributed by atoms with Crippen molar-refractivity contribution in [1.82, 2.24) is 20.1 Å². The molecule has 6 nitrogen and oxygen atoms in total. The van der Waals surface area contributed by atoms with Gasteiger partial charge in [0.05, 0.1) is 12.2 Å². The lowest BCUT2D eigenvalue weighted by molar-refractivity contribution is 0.166. The number of rotatable bonds is 6. The van der Waals surface area contributed by atoms with E-state index in [1.807, 2.05) is 13.8 Å². The van der Waals surface area contributed by atoms with E-state index in [0.717, 1.165) is 74.4 Å². The quantitative estimate of drug-likeness (QED) is 0.339. The number of nitrogens with one attached hydrogen (secondary N) is 1. The van der Waals surface area contributed by atoms with Crippen LogP contribution in [-0.4, -0.2) is 71.0 Å². The number of aromatic nitrogens is 1. The number of halogens is 1. The minimum atomic E-state index is 0. The number of piperidine rings is 1. The molecule has 0 saturated carbocycles. The Bertz CT molecular complexity index is 626. The van der Waals surface area contributed by atoms with Gasteiger partial charge in [-0.05, 0) is 59.0 Å². The fourth-order valence-electron chi connectivity index (χ4n) is 3.93. The van der Waals surface area contributed by atoms with Gasteiger partial charge in [0.15, 0.2) is 5.96 Å². The van der Waals surface area contributed by atoms with Crippen LogP contribution in [-0.2, 0) is 6.54 Å². The number of hydrogen-bond acceptors (Lipinski definition) is 5. The zero-order chi connectivity index (χ0) is 19.9. The Morgan fingerprint density at radius 2 is 2.00 bits per heavy atom. The number of oxazole rings is 1. The maximum absolute atomic E-state index is 5.74. The summed E-state index contributed by atoms with van der Waals surface area (Å²) in [6.07, 6.45) is 3.65. The molecule has 3 rings (SSSR count). The number of hydrogen-bond donors (Lipinski definition) is 1. The van der Waals surface area contributed by atoms with Crippen LogP contribution in [0.25, 0.3) is 0 Å². The van der Waals surface area contributed by atoms with E-state index < -0.39 is 0 Å². The number of guanidine groups is 1. The van der Waals surface area contributed by atoms with Crippen molar-refractivity contribution in [2.24, 2.45) is 10.9 Å². The van der Waals surface area contributed by atoms with E-state index in [1.165, 1.54) is 25.0 Å². The Hall–Kier alpha value is -0.480. The van der Waals surface area contributed by atoms with Crippen LogP contribution >= 0.6 is 35.7 Å². The SMILES string of the molecule is CCNC(=NCC1CCN(Cc2nc(C)c(C)o2)CC1)N1CCSC(CC)C1.I. The van der Waals surface area contributed by atoms with Gasteiger partial charge in [0.2, 0.25) is 5.89 Å². The zero-order valence-electron chi connectivity index (χ0n) is 18.4. The smallest absolute Gasteiger partial charge is 0.208 e. The molecule has 0 radical (unpaired) electrons. The average Bonchev–Trinajstić information content (AvgIpc) is 3.03. The fraction of sp³-hybridized carbons (Fsp3) is 0.810. The minimum absolute atomic E-state index is 0. The molecule has 0 aromatic carbocycles. The fourth-order valence-corrected chi connectivity index (χ4v) is 5.11. The highest BCUT2D eigenvalue weighted by Gasteiger charge is 2.23. The topological polar surface area (TPSA) is 56.9 Å². The summed E-state index contributed by atoms with van der Waals surface area (Å²) < 4.78 is 5.74. The van der Waals surface area contributed by atoms with Crippen LogP contribution in [0.15, 0.2) is 9.41 Å². The number of aryl methyl sites for hydroxylation is 2. The maximum atomic E-state index is 5.74. The molecule has 1 aromatic rings. The highest BCUT2D eigenvalue weighted by Crippen LogP contribution is 2.22. The third-order valence-corrected chi connectivity index (χ3v) is 7.24. The number of nitrogens with zero attached hydrogens (tertiary/aromatic N) is 4. The molecule has 3 heterocycles. The molecule has 1 aromatic heterocycles. The molecule has 1 N–H and O–H groups in total. The standard InChI is InChI=1S/C21H37N5OS.HI/c1-5-19-14-26(11-12-28-19)21(22-6-2)23-13-18-7-9-25(10-8-18)15-20-24-16(3)17(4)27-20;/h18-19H,5-15H2,1-4H3,(H,22,23);1H. The first-order chi connectivity index (χ1) is 13.6. The molecule has 0 amide bonds. The molecule has 166 valence electrons. The van der Waals surface area contributed by atoms with Crippen LogP contribution < -0.4 is 5.32 Å². The van der Waals surface area contributed by atoms with Gasteiger partial charge >= 0.3 is 0 Å². The Kier molecular flexibility index (Phi) is 10.6. The van der Waals surface area contributed by atoms with Gasteiger partial charge in [-0.15, -0.1) is 24.0 Å². The molecule has 29 heavy (non-hydrogen) atoms. The third-order valence-electron chi connectivity index (χ3n) is 5.87. The van der Waals surface area contributed by atoms with Gasteiger partial charge in [0, 0.05) is 37.2 Å². The lowest BCUT2D eigenvalue weighted by atomic mass is 9.97. The summed E-state index contributed by atoms with van der Waals surface area (Å²) in [4.78, 5) is 14.5. The molecule has 0 aliphatic carbocycles. The normalized spacial score (nSPS) is 21.9. The molecule has 2 aliphatic rings. The van der Waals surface area contributed by atoms with Crippen molar-refractivity contribution >= 4 is 41.7 Å². The first kappa shape index (κ1) is 24.8. The van der Waals surface area contributed by atoms with E-state index in [0.29, 0.717) is 5.92 Å². The van der Waals surface area contributed by atoms with Gasteiger partial charge in [0.25, 0.3) is 0 Å². The van der Waals surface area contributed by atoms with E-state index in [1.54, 1.807) is 0 Å². The van der Waals surface area contributed by atoms with Crippen molar-refractivity contribution in [3.05, 3.63) is 17.3 Å². The minimum Gasteiger partial charge on any atom is -0.444 e. The highest BCUT2D eigenvalue weighted by atomic mass is 127. The molecule has 2 aliphatic heterocycles. The zero-order valence-corrected chi connectivity index (χ0v) is 21.6. The summed E-state index contributed by atoms with van der Waals surface area (Å²) in [6, 6.07) is 0. The monoisotopic (exact) mass is 535 g/mol. The van der Waals surface area contributed by atoms with Crippen molar-refractivity contribution in [3.8, 4) is 0 Å². The molecule has 2 saturated heterocycles. The first-order valence-electron chi connectivity index (χ1n) is 10.9. The summed E-state index contributed by atoms with van der Waals surface area (Å²) in [5, 5.41) is 4.26. The summed E-state index contributed by atoms with van der Waals surface area (Å²) >= 11 is 2.11. The molecular formula is C21H38IN5OS. The largest absolute Gasteiger partial charge is 0.444 e. The lowest BCUT2D eigenvalue weighted by Gasteiger charge is -2.35. The van der Waals surface area contributed by atoms with E-state index in [4.69, 9.17) is 9.41 Å². The van der Waals surface area contributed by atoms with Crippen molar-refractivity contribution in [2.45, 2.75) is 58.8 Å². The summed E-state index contributed by atoms with van der Waals surface area (Å²) in [5.74, 6) is 4.81. The van der Waals surface area contributed by atoms with Crippen LogP contribution in [0.3, 0.4) is 0 Å². The Morgan fingerprint density at radius 1 is 1.24 bits per heavy atom. The predicted octanol–water partition coefficient (Wildman–Crippen LogP) is 3.91. The lowest BCUT2D eigenvalue weighted by Crippen LogP contribution is -2.48. The first-order valence-corrected chi connectivity index (χ1v) is 11.9. The van der Waals surface area contributed by atoms with Gasteiger partial charge in [-0.2, -0.15) is 11.8 Å². The number of likely N-dealkylation sites (tertiary alicyclic amines) is 1. The van der Waals surface area contributed by atoms with Crippen LogP contribution in [0.5, 0.6) is 0 Å². The van der Waals surface area contributed by atoms with Gasteiger partial charge in [-0.3, -0.25) is 9.89 Å². The van der Waals surface area contributed by atoms with Gasteiger partial charge in [-0.1, -0.05) is 6.92 Å². The van der Waals surface area contributed by atoms with E-state index in [9.17, 15) is 0 Å².